The average Bonchev–Trinajstić information content (AvgIpc) is 3.45. The van der Waals surface area contributed by atoms with Crippen LogP contribution in [0.5, 0.6) is 0 Å². The minimum Gasteiger partial charge on any atom is -0.469 e. The molecule has 30 heavy (non-hydrogen) atoms. The van der Waals surface area contributed by atoms with Gasteiger partial charge in [-0.3, -0.25) is 9.67 Å². The number of carbonyl (C=O) groups is 1. The third-order valence-electron chi connectivity index (χ3n) is 5.37. The first kappa shape index (κ1) is 21.9. The van der Waals surface area contributed by atoms with Gasteiger partial charge in [0.2, 0.25) is 0 Å². The molecule has 1 saturated heterocycles. The number of guanidine groups is 1. The smallest absolute Gasteiger partial charge is 0.341 e. The van der Waals surface area contributed by atoms with Crippen LogP contribution in [0.4, 0.5) is 0 Å². The van der Waals surface area contributed by atoms with Crippen molar-refractivity contribution in [1.82, 2.24) is 20.0 Å². The summed E-state index contributed by atoms with van der Waals surface area (Å²) in [6.45, 7) is 8.92. The van der Waals surface area contributed by atoms with Gasteiger partial charge < -0.3 is 19.4 Å². The van der Waals surface area contributed by atoms with Crippen LogP contribution in [0.1, 0.15) is 62.2 Å². The molecule has 0 saturated carbocycles. The highest BCUT2D eigenvalue weighted by atomic mass is 16.5. The van der Waals surface area contributed by atoms with Crippen molar-refractivity contribution >= 4 is 11.9 Å². The van der Waals surface area contributed by atoms with Gasteiger partial charge in [0.05, 0.1) is 30.7 Å². The van der Waals surface area contributed by atoms with Gasteiger partial charge in [-0.1, -0.05) is 6.92 Å². The number of aromatic nitrogens is 2. The molecule has 1 N–H and O–H groups in total. The van der Waals surface area contributed by atoms with Gasteiger partial charge >= 0.3 is 5.97 Å². The van der Waals surface area contributed by atoms with E-state index < -0.39 is 0 Å². The molecule has 164 valence electrons. The maximum Gasteiger partial charge on any atom is 0.341 e. The highest BCUT2D eigenvalue weighted by Crippen LogP contribution is 2.22. The standard InChI is InChI=1S/C22H33N5O3/c1-4-17(3)25-22(23-11-10-20-9-7-13-30-20)26-12-6-8-19(16-26)27-15-18(14-24-27)21(28)29-5-2/h7,9,13-15,17,19H,4-6,8,10-12,16H2,1-3H3,(H,23,25). The monoisotopic (exact) mass is 415 g/mol. The summed E-state index contributed by atoms with van der Waals surface area (Å²) >= 11 is 0. The van der Waals surface area contributed by atoms with Gasteiger partial charge in [0.1, 0.15) is 5.76 Å². The number of nitrogens with one attached hydrogen (secondary N) is 1. The number of nitrogens with zero attached hydrogens (tertiary/aromatic N) is 4. The molecule has 2 unspecified atom stereocenters. The Morgan fingerprint density at radius 1 is 1.47 bits per heavy atom. The molecule has 8 nitrogen and oxygen atoms in total. The molecule has 0 amide bonds. The summed E-state index contributed by atoms with van der Waals surface area (Å²) in [5.41, 5.74) is 0.499. The fourth-order valence-corrected chi connectivity index (χ4v) is 3.51. The number of ether oxygens (including phenoxy) is 1. The summed E-state index contributed by atoms with van der Waals surface area (Å²) in [4.78, 5) is 19.1. The molecule has 3 heterocycles. The van der Waals surface area contributed by atoms with E-state index >= 15 is 0 Å². The second-order valence-corrected chi connectivity index (χ2v) is 7.66. The number of piperidine rings is 1. The lowest BCUT2D eigenvalue weighted by atomic mass is 10.1. The number of hydrogen-bond donors (Lipinski definition) is 1. The predicted molar refractivity (Wildman–Crippen MR) is 116 cm³/mol. The van der Waals surface area contributed by atoms with E-state index in [1.54, 1.807) is 25.6 Å². The highest BCUT2D eigenvalue weighted by molar-refractivity contribution is 5.88. The molecule has 0 spiro atoms. The van der Waals surface area contributed by atoms with Crippen molar-refractivity contribution in [2.45, 2.75) is 58.5 Å². The summed E-state index contributed by atoms with van der Waals surface area (Å²) in [6.07, 6.45) is 8.94. The SMILES string of the molecule is CCOC(=O)c1cnn(C2CCCN(C(=NCCc3ccco3)NC(C)CC)C2)c1. The zero-order valence-electron chi connectivity index (χ0n) is 18.2. The minimum atomic E-state index is -0.324. The van der Waals surface area contributed by atoms with E-state index in [-0.39, 0.29) is 12.0 Å². The van der Waals surface area contributed by atoms with Gasteiger partial charge in [-0.2, -0.15) is 5.10 Å². The van der Waals surface area contributed by atoms with Crippen LogP contribution in [0.15, 0.2) is 40.2 Å². The predicted octanol–water partition coefficient (Wildman–Crippen LogP) is 3.28. The van der Waals surface area contributed by atoms with Gasteiger partial charge in [0.25, 0.3) is 0 Å². The topological polar surface area (TPSA) is 84.9 Å². The zero-order valence-corrected chi connectivity index (χ0v) is 18.2. The number of carbonyl (C=O) groups excluding carboxylic acids is 1. The van der Waals surface area contributed by atoms with Crippen LogP contribution in [0, 0.1) is 0 Å². The number of esters is 1. The van der Waals surface area contributed by atoms with Crippen molar-refractivity contribution in [3.05, 3.63) is 42.1 Å². The van der Waals surface area contributed by atoms with E-state index in [4.69, 9.17) is 14.1 Å². The number of furan rings is 1. The van der Waals surface area contributed by atoms with E-state index in [9.17, 15) is 4.79 Å². The molecule has 3 rings (SSSR count). The maximum absolute atomic E-state index is 12.0. The normalized spacial score (nSPS) is 18.3. The Hall–Kier alpha value is -2.77. The maximum atomic E-state index is 12.0. The van der Waals surface area contributed by atoms with Crippen molar-refractivity contribution in [2.24, 2.45) is 4.99 Å². The molecule has 1 fully saturated rings. The Morgan fingerprint density at radius 2 is 2.33 bits per heavy atom. The molecular formula is C22H33N5O3. The minimum absolute atomic E-state index is 0.191. The third-order valence-corrected chi connectivity index (χ3v) is 5.37. The van der Waals surface area contributed by atoms with Crippen molar-refractivity contribution in [3.63, 3.8) is 0 Å². The van der Waals surface area contributed by atoms with Crippen LogP contribution < -0.4 is 5.32 Å². The zero-order chi connectivity index (χ0) is 21.3. The lowest BCUT2D eigenvalue weighted by Crippen LogP contribution is -2.49. The van der Waals surface area contributed by atoms with E-state index in [0.717, 1.165) is 50.5 Å². The van der Waals surface area contributed by atoms with E-state index in [2.05, 4.69) is 29.2 Å². The molecule has 0 aromatic carbocycles. The molecule has 1 aliphatic heterocycles. The van der Waals surface area contributed by atoms with E-state index in [1.807, 2.05) is 16.8 Å². The first-order chi connectivity index (χ1) is 14.6. The Morgan fingerprint density at radius 3 is 3.07 bits per heavy atom. The average molecular weight is 416 g/mol. The van der Waals surface area contributed by atoms with Gasteiger partial charge in [0, 0.05) is 38.3 Å². The van der Waals surface area contributed by atoms with Crippen LogP contribution in [-0.2, 0) is 11.2 Å². The van der Waals surface area contributed by atoms with E-state index in [1.165, 1.54) is 0 Å². The highest BCUT2D eigenvalue weighted by Gasteiger charge is 2.25. The lowest BCUT2D eigenvalue weighted by Gasteiger charge is -2.36. The van der Waals surface area contributed by atoms with Gasteiger partial charge in [-0.25, -0.2) is 4.79 Å². The Kier molecular flexibility index (Phi) is 7.93. The summed E-state index contributed by atoms with van der Waals surface area (Å²) in [5, 5.41) is 8.00. The molecule has 0 bridgehead atoms. The van der Waals surface area contributed by atoms with Crippen LogP contribution in [0.25, 0.3) is 0 Å². The molecular weight excluding hydrogens is 382 g/mol. The summed E-state index contributed by atoms with van der Waals surface area (Å²) in [5.74, 6) is 1.55. The Labute approximate surface area is 178 Å². The first-order valence-corrected chi connectivity index (χ1v) is 10.9. The number of aliphatic imine (C=N–C) groups is 1. The van der Waals surface area contributed by atoms with Crippen LogP contribution in [0.3, 0.4) is 0 Å². The second-order valence-electron chi connectivity index (χ2n) is 7.66. The molecule has 0 aliphatic carbocycles. The van der Waals surface area contributed by atoms with Crippen molar-refractivity contribution < 1.29 is 13.9 Å². The van der Waals surface area contributed by atoms with Gasteiger partial charge in [0.15, 0.2) is 5.96 Å². The number of hydrogen-bond acceptors (Lipinski definition) is 5. The molecule has 0 radical (unpaired) electrons. The second kappa shape index (κ2) is 10.8. The number of likely N-dealkylation sites (tertiary alicyclic amines) is 1. The van der Waals surface area contributed by atoms with Crippen molar-refractivity contribution in [2.75, 3.05) is 26.2 Å². The van der Waals surface area contributed by atoms with Crippen molar-refractivity contribution in [1.29, 1.82) is 0 Å². The first-order valence-electron chi connectivity index (χ1n) is 10.9. The molecule has 2 aromatic rings. The summed E-state index contributed by atoms with van der Waals surface area (Å²) in [7, 11) is 0. The largest absolute Gasteiger partial charge is 0.469 e. The lowest BCUT2D eigenvalue weighted by molar-refractivity contribution is 0.0526. The fraction of sp³-hybridized carbons (Fsp3) is 0.591. The molecule has 2 atom stereocenters. The molecule has 1 aliphatic rings. The fourth-order valence-electron chi connectivity index (χ4n) is 3.51. The molecule has 2 aromatic heterocycles. The summed E-state index contributed by atoms with van der Waals surface area (Å²) in [6, 6.07) is 4.41. The van der Waals surface area contributed by atoms with Crippen LogP contribution in [-0.4, -0.2) is 58.9 Å². The number of rotatable bonds is 8. The third kappa shape index (κ3) is 5.87. The van der Waals surface area contributed by atoms with E-state index in [0.29, 0.717) is 24.8 Å². The summed E-state index contributed by atoms with van der Waals surface area (Å²) < 4.78 is 12.4. The Balaban J connectivity index is 1.68. The van der Waals surface area contributed by atoms with Gasteiger partial charge in [-0.05, 0) is 45.2 Å². The quantitative estimate of drug-likeness (QED) is 0.405. The van der Waals surface area contributed by atoms with Crippen molar-refractivity contribution in [3.8, 4) is 0 Å². The van der Waals surface area contributed by atoms with Gasteiger partial charge in [-0.15, -0.1) is 0 Å². The van der Waals surface area contributed by atoms with Crippen LogP contribution >= 0.6 is 0 Å². The Bertz CT molecular complexity index is 815. The molecule has 8 heteroatoms. The van der Waals surface area contributed by atoms with Crippen LogP contribution in [0.2, 0.25) is 0 Å².